The Morgan fingerprint density at radius 1 is 1.27 bits per heavy atom. The fourth-order valence-electron chi connectivity index (χ4n) is 3.82. The number of rotatable bonds is 7. The molecule has 0 aliphatic heterocycles. The van der Waals surface area contributed by atoms with E-state index in [-0.39, 0.29) is 11.9 Å². The summed E-state index contributed by atoms with van der Waals surface area (Å²) in [4.78, 5) is 16.8. The average molecular weight is 355 g/mol. The lowest BCUT2D eigenvalue weighted by molar-refractivity contribution is -0.122. The van der Waals surface area contributed by atoms with Crippen LogP contribution in [0, 0.1) is 12.8 Å². The fourth-order valence-corrected chi connectivity index (χ4v) is 3.82. The summed E-state index contributed by atoms with van der Waals surface area (Å²) in [6.45, 7) is 2.44. The molecule has 1 saturated carbocycles. The first-order chi connectivity index (χ1) is 12.7. The van der Waals surface area contributed by atoms with Gasteiger partial charge in [-0.05, 0) is 25.7 Å². The van der Waals surface area contributed by atoms with Crippen LogP contribution in [0.4, 0.5) is 0 Å². The maximum atomic E-state index is 12.4. The molecule has 1 aromatic heterocycles. The van der Waals surface area contributed by atoms with Gasteiger partial charge in [0.25, 0.3) is 0 Å². The summed E-state index contributed by atoms with van der Waals surface area (Å²) < 4.78 is 5.88. The fraction of sp³-hybridized carbons (Fsp3) is 0.524. The van der Waals surface area contributed by atoms with Crippen LogP contribution in [-0.2, 0) is 11.2 Å². The summed E-state index contributed by atoms with van der Waals surface area (Å²) in [5, 5.41) is 3.13. The van der Waals surface area contributed by atoms with Crippen LogP contribution in [0.3, 0.4) is 0 Å². The van der Waals surface area contributed by atoms with Gasteiger partial charge in [0.2, 0.25) is 5.91 Å². The quantitative estimate of drug-likeness (QED) is 0.795. The number of carbonyl (C=O) groups excluding carboxylic acids is 1. The highest BCUT2D eigenvalue weighted by atomic mass is 16.4. The Kier molecular flexibility index (Phi) is 6.45. The molecular weight excluding hydrogens is 326 g/mol. The average Bonchev–Trinajstić information content (AvgIpc) is 3.06. The first-order valence-corrected chi connectivity index (χ1v) is 9.68. The Hall–Kier alpha value is -2.14. The molecule has 0 saturated heterocycles. The van der Waals surface area contributed by atoms with Crippen LogP contribution in [0.2, 0.25) is 0 Å². The van der Waals surface area contributed by atoms with Gasteiger partial charge >= 0.3 is 0 Å². The molecule has 1 fully saturated rings. The molecule has 26 heavy (non-hydrogen) atoms. The van der Waals surface area contributed by atoms with Gasteiger partial charge < -0.3 is 15.5 Å². The van der Waals surface area contributed by atoms with E-state index in [2.05, 4.69) is 10.3 Å². The Morgan fingerprint density at radius 3 is 2.69 bits per heavy atom. The maximum absolute atomic E-state index is 12.4. The standard InChI is InChI=1S/C21H29N3O2/c1-15-21(17-10-6-3-7-11-17)26-20(23-15)13-12-19(25)24-18(14-22)16-8-4-2-5-9-16/h3,6-7,10-11,16,18H,2,4-5,8-9,12-14,22H2,1H3,(H,24,25). The second kappa shape index (κ2) is 8.99. The van der Waals surface area contributed by atoms with Gasteiger partial charge in [0, 0.05) is 31.0 Å². The molecule has 1 aliphatic rings. The molecule has 2 aromatic rings. The summed E-state index contributed by atoms with van der Waals surface area (Å²) in [6, 6.07) is 10.0. The van der Waals surface area contributed by atoms with Gasteiger partial charge in [-0.3, -0.25) is 4.79 Å². The molecule has 3 N–H and O–H groups in total. The summed E-state index contributed by atoms with van der Waals surface area (Å²) in [7, 11) is 0. The number of benzene rings is 1. The Balaban J connectivity index is 1.54. The molecule has 1 heterocycles. The highest BCUT2D eigenvalue weighted by Crippen LogP contribution is 2.27. The number of aromatic nitrogens is 1. The third-order valence-corrected chi connectivity index (χ3v) is 5.26. The molecule has 1 unspecified atom stereocenters. The molecule has 0 spiro atoms. The lowest BCUT2D eigenvalue weighted by atomic mass is 9.84. The van der Waals surface area contributed by atoms with Crippen molar-refractivity contribution in [3.63, 3.8) is 0 Å². The predicted octanol–water partition coefficient (Wildman–Crippen LogP) is 3.61. The lowest BCUT2D eigenvalue weighted by Crippen LogP contribution is -2.46. The van der Waals surface area contributed by atoms with Crippen LogP contribution < -0.4 is 11.1 Å². The van der Waals surface area contributed by atoms with Crippen LogP contribution >= 0.6 is 0 Å². The minimum Gasteiger partial charge on any atom is -0.440 e. The first-order valence-electron chi connectivity index (χ1n) is 9.68. The van der Waals surface area contributed by atoms with Crippen molar-refractivity contribution in [2.24, 2.45) is 11.7 Å². The van der Waals surface area contributed by atoms with Gasteiger partial charge in [0.1, 0.15) is 0 Å². The van der Waals surface area contributed by atoms with Crippen molar-refractivity contribution < 1.29 is 9.21 Å². The van der Waals surface area contributed by atoms with Gasteiger partial charge in [0.15, 0.2) is 11.7 Å². The number of amides is 1. The highest BCUT2D eigenvalue weighted by Gasteiger charge is 2.24. The number of hydrogen-bond donors (Lipinski definition) is 2. The molecule has 0 radical (unpaired) electrons. The predicted molar refractivity (Wildman–Crippen MR) is 103 cm³/mol. The van der Waals surface area contributed by atoms with Crippen molar-refractivity contribution in [2.45, 2.75) is 57.9 Å². The number of oxazole rings is 1. The van der Waals surface area contributed by atoms with Crippen LogP contribution in [0.15, 0.2) is 34.7 Å². The minimum absolute atomic E-state index is 0.0307. The summed E-state index contributed by atoms with van der Waals surface area (Å²) in [5.41, 5.74) is 7.76. The van der Waals surface area contributed by atoms with Crippen molar-refractivity contribution in [1.29, 1.82) is 0 Å². The van der Waals surface area contributed by atoms with E-state index in [0.29, 0.717) is 31.2 Å². The summed E-state index contributed by atoms with van der Waals surface area (Å²) in [6.07, 6.45) is 7.00. The van der Waals surface area contributed by atoms with E-state index in [1.54, 1.807) is 0 Å². The summed E-state index contributed by atoms with van der Waals surface area (Å²) >= 11 is 0. The largest absolute Gasteiger partial charge is 0.440 e. The second-order valence-corrected chi connectivity index (χ2v) is 7.20. The Morgan fingerprint density at radius 2 is 2.00 bits per heavy atom. The van der Waals surface area contributed by atoms with E-state index >= 15 is 0 Å². The second-order valence-electron chi connectivity index (χ2n) is 7.20. The van der Waals surface area contributed by atoms with E-state index < -0.39 is 0 Å². The van der Waals surface area contributed by atoms with E-state index in [9.17, 15) is 4.79 Å². The van der Waals surface area contributed by atoms with Gasteiger partial charge in [-0.25, -0.2) is 4.98 Å². The monoisotopic (exact) mass is 355 g/mol. The zero-order valence-corrected chi connectivity index (χ0v) is 15.5. The van der Waals surface area contributed by atoms with Crippen LogP contribution in [-0.4, -0.2) is 23.5 Å². The first kappa shape index (κ1) is 18.6. The molecule has 3 rings (SSSR count). The van der Waals surface area contributed by atoms with Crippen molar-refractivity contribution in [3.8, 4) is 11.3 Å². The normalized spacial score (nSPS) is 16.4. The molecule has 1 atom stereocenters. The van der Waals surface area contributed by atoms with Gasteiger partial charge in [-0.1, -0.05) is 49.6 Å². The Labute approximate surface area is 155 Å². The third kappa shape index (κ3) is 4.73. The molecule has 140 valence electrons. The highest BCUT2D eigenvalue weighted by molar-refractivity contribution is 5.76. The van der Waals surface area contributed by atoms with Gasteiger partial charge in [-0.2, -0.15) is 0 Å². The van der Waals surface area contributed by atoms with E-state index in [4.69, 9.17) is 10.2 Å². The molecule has 1 amide bonds. The van der Waals surface area contributed by atoms with Crippen LogP contribution in [0.1, 0.15) is 50.1 Å². The van der Waals surface area contributed by atoms with Crippen molar-refractivity contribution in [3.05, 3.63) is 41.9 Å². The molecule has 0 bridgehead atoms. The third-order valence-electron chi connectivity index (χ3n) is 5.26. The topological polar surface area (TPSA) is 81.2 Å². The van der Waals surface area contributed by atoms with E-state index in [1.165, 1.54) is 32.1 Å². The van der Waals surface area contributed by atoms with Gasteiger partial charge in [-0.15, -0.1) is 0 Å². The minimum atomic E-state index is 0.0307. The van der Waals surface area contributed by atoms with Crippen molar-refractivity contribution >= 4 is 5.91 Å². The number of nitrogens with zero attached hydrogens (tertiary/aromatic N) is 1. The Bertz CT molecular complexity index is 705. The number of nitrogens with one attached hydrogen (secondary N) is 1. The van der Waals surface area contributed by atoms with E-state index in [0.717, 1.165) is 17.0 Å². The van der Waals surface area contributed by atoms with Crippen molar-refractivity contribution in [2.75, 3.05) is 6.54 Å². The van der Waals surface area contributed by atoms with Crippen LogP contribution in [0.5, 0.6) is 0 Å². The van der Waals surface area contributed by atoms with Crippen LogP contribution in [0.25, 0.3) is 11.3 Å². The number of hydrogen-bond acceptors (Lipinski definition) is 4. The maximum Gasteiger partial charge on any atom is 0.220 e. The van der Waals surface area contributed by atoms with Gasteiger partial charge in [0.05, 0.1) is 5.69 Å². The molecule has 5 nitrogen and oxygen atoms in total. The zero-order chi connectivity index (χ0) is 18.4. The number of carbonyl (C=O) groups is 1. The molecule has 1 aliphatic carbocycles. The van der Waals surface area contributed by atoms with Crippen molar-refractivity contribution in [1.82, 2.24) is 10.3 Å². The summed E-state index contributed by atoms with van der Waals surface area (Å²) in [5.74, 6) is 1.94. The zero-order valence-electron chi connectivity index (χ0n) is 15.5. The molecule has 5 heteroatoms. The lowest BCUT2D eigenvalue weighted by Gasteiger charge is -2.30. The SMILES string of the molecule is Cc1nc(CCC(=O)NC(CN)C2CCCCC2)oc1-c1ccccc1. The number of aryl methyl sites for hydroxylation is 2. The molecule has 1 aromatic carbocycles. The van der Waals surface area contributed by atoms with E-state index in [1.807, 2.05) is 37.3 Å². The smallest absolute Gasteiger partial charge is 0.220 e. The molecular formula is C21H29N3O2. The number of nitrogens with two attached hydrogens (primary N) is 1.